The molecule has 0 bridgehead atoms. The standard InChI is InChI=1S/C19H22N2O7S/c1-6-28-19(24)13-9(2)15(16(20)22)29-18(13)21-17(23)10-7-11(25-3)14(27-5)12(8-10)26-4/h7-8H,6H2,1-5H3,(H2,20,22)(H,21,23). The molecule has 156 valence electrons. The first-order chi connectivity index (χ1) is 13.8. The van der Waals surface area contributed by atoms with E-state index >= 15 is 0 Å². The second-order valence-electron chi connectivity index (χ2n) is 5.71. The monoisotopic (exact) mass is 422 g/mol. The second kappa shape index (κ2) is 9.28. The van der Waals surface area contributed by atoms with E-state index in [1.54, 1.807) is 13.8 Å². The molecule has 0 spiro atoms. The van der Waals surface area contributed by atoms with E-state index < -0.39 is 17.8 Å². The maximum absolute atomic E-state index is 12.8. The summed E-state index contributed by atoms with van der Waals surface area (Å²) in [6, 6.07) is 2.94. The third kappa shape index (κ3) is 4.43. The third-order valence-corrected chi connectivity index (χ3v) is 5.23. The minimum Gasteiger partial charge on any atom is -0.493 e. The lowest BCUT2D eigenvalue weighted by Crippen LogP contribution is -2.15. The molecule has 0 aliphatic heterocycles. The van der Waals surface area contributed by atoms with Gasteiger partial charge in [-0.25, -0.2) is 4.79 Å². The summed E-state index contributed by atoms with van der Waals surface area (Å²) < 4.78 is 20.8. The molecular weight excluding hydrogens is 400 g/mol. The van der Waals surface area contributed by atoms with Crippen LogP contribution in [0.3, 0.4) is 0 Å². The summed E-state index contributed by atoms with van der Waals surface area (Å²) in [6.07, 6.45) is 0. The van der Waals surface area contributed by atoms with Crippen LogP contribution in [0.2, 0.25) is 0 Å². The number of carbonyl (C=O) groups is 3. The van der Waals surface area contributed by atoms with Gasteiger partial charge in [-0.15, -0.1) is 11.3 Å². The van der Waals surface area contributed by atoms with Crippen LogP contribution < -0.4 is 25.3 Å². The van der Waals surface area contributed by atoms with E-state index in [1.807, 2.05) is 0 Å². The van der Waals surface area contributed by atoms with Gasteiger partial charge in [0, 0.05) is 5.56 Å². The SMILES string of the molecule is CCOC(=O)c1c(NC(=O)c2cc(OC)c(OC)c(OC)c2)sc(C(N)=O)c1C. The Hall–Kier alpha value is -3.27. The number of esters is 1. The number of thiophene rings is 1. The summed E-state index contributed by atoms with van der Waals surface area (Å²) >= 11 is 0.904. The largest absolute Gasteiger partial charge is 0.493 e. The Kier molecular flexibility index (Phi) is 7.05. The van der Waals surface area contributed by atoms with Gasteiger partial charge in [-0.3, -0.25) is 9.59 Å². The highest BCUT2D eigenvalue weighted by Gasteiger charge is 2.26. The molecule has 0 saturated carbocycles. The van der Waals surface area contributed by atoms with Crippen LogP contribution in [0.1, 0.15) is 42.9 Å². The minimum absolute atomic E-state index is 0.0893. The Morgan fingerprint density at radius 3 is 2.10 bits per heavy atom. The van der Waals surface area contributed by atoms with Gasteiger partial charge in [0.15, 0.2) is 11.5 Å². The molecule has 0 radical (unpaired) electrons. The number of hydrogen-bond acceptors (Lipinski definition) is 8. The van der Waals surface area contributed by atoms with Crippen LogP contribution in [0, 0.1) is 6.92 Å². The summed E-state index contributed by atoms with van der Waals surface area (Å²) in [5, 5.41) is 2.80. The van der Waals surface area contributed by atoms with Crippen LogP contribution in [0.15, 0.2) is 12.1 Å². The van der Waals surface area contributed by atoms with Gasteiger partial charge < -0.3 is 30.0 Å². The van der Waals surface area contributed by atoms with Gasteiger partial charge in [0.2, 0.25) is 5.75 Å². The lowest BCUT2D eigenvalue weighted by Gasteiger charge is -2.14. The Morgan fingerprint density at radius 2 is 1.66 bits per heavy atom. The molecule has 0 unspecified atom stereocenters. The number of methoxy groups -OCH3 is 3. The fourth-order valence-corrected chi connectivity index (χ4v) is 3.72. The van der Waals surface area contributed by atoms with Crippen molar-refractivity contribution in [3.05, 3.63) is 33.7 Å². The number of primary amides is 1. The first-order valence-electron chi connectivity index (χ1n) is 8.50. The van der Waals surface area contributed by atoms with Crippen molar-refractivity contribution in [1.82, 2.24) is 0 Å². The summed E-state index contributed by atoms with van der Waals surface area (Å²) in [5.41, 5.74) is 6.01. The molecule has 3 N–H and O–H groups in total. The molecule has 0 saturated heterocycles. The fraction of sp³-hybridized carbons (Fsp3) is 0.316. The first kappa shape index (κ1) is 22.0. The number of amides is 2. The fourth-order valence-electron chi connectivity index (χ4n) is 2.67. The van der Waals surface area contributed by atoms with Gasteiger partial charge >= 0.3 is 5.97 Å². The van der Waals surface area contributed by atoms with E-state index in [0.29, 0.717) is 22.8 Å². The van der Waals surface area contributed by atoms with Gasteiger partial charge in [0.05, 0.1) is 38.4 Å². The normalized spacial score (nSPS) is 10.2. The number of hydrogen-bond donors (Lipinski definition) is 2. The van der Waals surface area contributed by atoms with Gasteiger partial charge in [-0.1, -0.05) is 0 Å². The number of carbonyl (C=O) groups excluding carboxylic acids is 3. The molecule has 1 aromatic carbocycles. The molecule has 29 heavy (non-hydrogen) atoms. The van der Waals surface area contributed by atoms with Crippen molar-refractivity contribution in [3.8, 4) is 17.2 Å². The number of ether oxygens (including phenoxy) is 4. The molecule has 1 heterocycles. The first-order valence-corrected chi connectivity index (χ1v) is 9.32. The Morgan fingerprint density at radius 1 is 1.07 bits per heavy atom. The summed E-state index contributed by atoms with van der Waals surface area (Å²) in [4.78, 5) is 37.0. The molecule has 2 rings (SSSR count). The van der Waals surface area contributed by atoms with E-state index in [0.717, 1.165) is 11.3 Å². The van der Waals surface area contributed by atoms with Crippen molar-refractivity contribution < 1.29 is 33.3 Å². The van der Waals surface area contributed by atoms with E-state index in [2.05, 4.69) is 5.32 Å². The quantitative estimate of drug-likeness (QED) is 0.626. The molecule has 0 atom stereocenters. The molecule has 2 aromatic rings. The lowest BCUT2D eigenvalue weighted by molar-refractivity contribution is 0.0527. The molecular formula is C19H22N2O7S. The average molecular weight is 422 g/mol. The van der Waals surface area contributed by atoms with Crippen molar-refractivity contribution in [2.75, 3.05) is 33.3 Å². The van der Waals surface area contributed by atoms with Crippen molar-refractivity contribution in [2.45, 2.75) is 13.8 Å². The molecule has 9 nitrogen and oxygen atoms in total. The van der Waals surface area contributed by atoms with E-state index in [9.17, 15) is 14.4 Å². The summed E-state index contributed by atoms with van der Waals surface area (Å²) in [7, 11) is 4.31. The number of anilines is 1. The number of benzene rings is 1. The van der Waals surface area contributed by atoms with Gasteiger partial charge in [-0.05, 0) is 31.5 Å². The highest BCUT2D eigenvalue weighted by atomic mass is 32.1. The van der Waals surface area contributed by atoms with Crippen LogP contribution >= 0.6 is 11.3 Å². The van der Waals surface area contributed by atoms with Crippen molar-refractivity contribution in [3.63, 3.8) is 0 Å². The third-order valence-electron chi connectivity index (χ3n) is 4.00. The Bertz CT molecular complexity index is 927. The van der Waals surface area contributed by atoms with Crippen LogP contribution in [-0.4, -0.2) is 45.7 Å². The van der Waals surface area contributed by atoms with Crippen molar-refractivity contribution in [1.29, 1.82) is 0 Å². The molecule has 0 fully saturated rings. The maximum atomic E-state index is 12.8. The lowest BCUT2D eigenvalue weighted by atomic mass is 10.1. The predicted octanol–water partition coefficient (Wildman–Crippen LogP) is 2.61. The van der Waals surface area contributed by atoms with Crippen LogP contribution in [0.4, 0.5) is 5.00 Å². The van der Waals surface area contributed by atoms with Crippen LogP contribution in [0.5, 0.6) is 17.2 Å². The molecule has 10 heteroatoms. The van der Waals surface area contributed by atoms with Crippen LogP contribution in [0.25, 0.3) is 0 Å². The Balaban J connectivity index is 2.49. The molecule has 1 aromatic heterocycles. The summed E-state index contributed by atoms with van der Waals surface area (Å²) in [5.74, 6) is -0.986. The molecule has 2 amide bonds. The highest BCUT2D eigenvalue weighted by Crippen LogP contribution is 2.39. The summed E-state index contributed by atoms with van der Waals surface area (Å²) in [6.45, 7) is 3.36. The minimum atomic E-state index is -0.702. The Labute approximate surface area is 171 Å². The van der Waals surface area contributed by atoms with Gasteiger partial charge in [-0.2, -0.15) is 0 Å². The van der Waals surface area contributed by atoms with Gasteiger partial charge in [0.1, 0.15) is 5.00 Å². The molecule has 0 aliphatic carbocycles. The zero-order valence-corrected chi connectivity index (χ0v) is 17.5. The molecule has 0 aliphatic rings. The zero-order valence-electron chi connectivity index (χ0n) is 16.7. The maximum Gasteiger partial charge on any atom is 0.341 e. The predicted molar refractivity (Wildman–Crippen MR) is 108 cm³/mol. The van der Waals surface area contributed by atoms with E-state index in [1.165, 1.54) is 33.5 Å². The van der Waals surface area contributed by atoms with Gasteiger partial charge in [0.25, 0.3) is 11.8 Å². The highest BCUT2D eigenvalue weighted by molar-refractivity contribution is 7.18. The smallest absolute Gasteiger partial charge is 0.341 e. The number of nitrogens with one attached hydrogen (secondary N) is 1. The van der Waals surface area contributed by atoms with Crippen molar-refractivity contribution in [2.24, 2.45) is 5.73 Å². The van der Waals surface area contributed by atoms with Crippen LogP contribution in [-0.2, 0) is 4.74 Å². The zero-order chi connectivity index (χ0) is 21.7. The number of rotatable bonds is 8. The van der Waals surface area contributed by atoms with Crippen molar-refractivity contribution >= 4 is 34.1 Å². The number of nitrogens with two attached hydrogens (primary N) is 1. The topological polar surface area (TPSA) is 126 Å². The van der Waals surface area contributed by atoms with E-state index in [-0.39, 0.29) is 27.6 Å². The average Bonchev–Trinajstić information content (AvgIpc) is 3.02. The van der Waals surface area contributed by atoms with E-state index in [4.69, 9.17) is 24.7 Å². The second-order valence-corrected chi connectivity index (χ2v) is 6.73.